The molecule has 2 atom stereocenters. The Balaban J connectivity index is 3.67. The Kier molecular flexibility index (Phi) is 4.76. The Morgan fingerprint density at radius 2 is 2.18 bits per heavy atom. The lowest BCUT2D eigenvalue weighted by atomic mass is 10.2. The van der Waals surface area contributed by atoms with Crippen LogP contribution in [0.3, 0.4) is 0 Å². The molecule has 0 aliphatic carbocycles. The summed E-state index contributed by atoms with van der Waals surface area (Å²) in [7, 11) is 3.11. The minimum Gasteiger partial charge on any atom is -0.377 e. The lowest BCUT2D eigenvalue weighted by Crippen LogP contribution is -2.45. The first-order chi connectivity index (χ1) is 5.11. The number of carbonyl (C=O) groups excluding carboxylic acids is 1. The predicted octanol–water partition coefficient (Wildman–Crippen LogP) is -2.01. The van der Waals surface area contributed by atoms with E-state index < -0.39 is 12.3 Å². The molecule has 0 aromatic carbocycles. The molecule has 66 valence electrons. The fourth-order valence-electron chi connectivity index (χ4n) is 0.642. The molecule has 0 fully saturated rings. The quantitative estimate of drug-likeness (QED) is 0.359. The summed E-state index contributed by atoms with van der Waals surface area (Å²) < 4.78 is 0. The summed E-state index contributed by atoms with van der Waals surface area (Å²) >= 11 is 0. The number of nitrogens with two attached hydrogens (primary N) is 1. The third kappa shape index (κ3) is 3.92. The first kappa shape index (κ1) is 10.3. The number of rotatable bonds is 4. The SMILES string of the molecule is CNC(=O)CC(N)C(O)NC. The van der Waals surface area contributed by atoms with Gasteiger partial charge in [0.15, 0.2) is 0 Å². The maximum absolute atomic E-state index is 10.7. The van der Waals surface area contributed by atoms with Gasteiger partial charge in [-0.1, -0.05) is 0 Å². The van der Waals surface area contributed by atoms with Gasteiger partial charge in [-0.25, -0.2) is 0 Å². The van der Waals surface area contributed by atoms with Crippen molar-refractivity contribution in [2.75, 3.05) is 14.1 Å². The number of aliphatic hydroxyl groups is 1. The van der Waals surface area contributed by atoms with Gasteiger partial charge in [-0.15, -0.1) is 0 Å². The predicted molar refractivity (Wildman–Crippen MR) is 41.7 cm³/mol. The molecule has 0 radical (unpaired) electrons. The van der Waals surface area contributed by atoms with Crippen LogP contribution in [0.1, 0.15) is 6.42 Å². The molecule has 0 rings (SSSR count). The van der Waals surface area contributed by atoms with E-state index in [1.165, 1.54) is 7.05 Å². The maximum Gasteiger partial charge on any atom is 0.221 e. The summed E-state index contributed by atoms with van der Waals surface area (Å²) in [5.74, 6) is -0.174. The van der Waals surface area contributed by atoms with E-state index in [1.807, 2.05) is 0 Å². The summed E-state index contributed by atoms with van der Waals surface area (Å²) in [6.45, 7) is 0. The molecule has 0 aromatic heterocycles. The molecule has 1 amide bonds. The molecule has 0 aromatic rings. The number of amides is 1. The topological polar surface area (TPSA) is 87.4 Å². The number of likely N-dealkylation sites (N-methyl/N-ethyl adjacent to an activating group) is 1. The van der Waals surface area contributed by atoms with Crippen LogP contribution < -0.4 is 16.4 Å². The van der Waals surface area contributed by atoms with Crippen LogP contribution in [0.2, 0.25) is 0 Å². The number of nitrogens with one attached hydrogen (secondary N) is 2. The standard InChI is InChI=1S/C6H15N3O2/c1-8-5(10)3-4(7)6(11)9-2/h4,6,9,11H,3,7H2,1-2H3,(H,8,10). The Hall–Kier alpha value is -0.650. The molecular formula is C6H15N3O2. The number of aliphatic hydroxyl groups excluding tert-OH is 1. The highest BCUT2D eigenvalue weighted by atomic mass is 16.3. The molecule has 2 unspecified atom stereocenters. The second kappa shape index (κ2) is 5.06. The van der Waals surface area contributed by atoms with Crippen LogP contribution in [-0.2, 0) is 4.79 Å². The largest absolute Gasteiger partial charge is 0.377 e. The summed E-state index contributed by atoms with van der Waals surface area (Å²) in [6, 6.07) is -0.556. The maximum atomic E-state index is 10.7. The Bertz CT molecular complexity index is 129. The van der Waals surface area contributed by atoms with Crippen molar-refractivity contribution in [1.82, 2.24) is 10.6 Å². The zero-order valence-electron chi connectivity index (χ0n) is 6.79. The molecule has 0 bridgehead atoms. The van der Waals surface area contributed by atoms with Gasteiger partial charge in [-0.3, -0.25) is 10.1 Å². The molecule has 0 aliphatic heterocycles. The number of hydrogen-bond acceptors (Lipinski definition) is 4. The molecule has 5 N–H and O–H groups in total. The Morgan fingerprint density at radius 1 is 1.64 bits per heavy atom. The molecule has 0 saturated heterocycles. The summed E-state index contributed by atoms with van der Waals surface area (Å²) in [6.07, 6.45) is -0.703. The van der Waals surface area contributed by atoms with Crippen molar-refractivity contribution in [3.8, 4) is 0 Å². The minimum atomic E-state index is -0.827. The average molecular weight is 161 g/mol. The third-order valence-electron chi connectivity index (χ3n) is 1.40. The van der Waals surface area contributed by atoms with E-state index in [2.05, 4.69) is 10.6 Å². The average Bonchev–Trinajstić information content (AvgIpc) is 2.02. The van der Waals surface area contributed by atoms with Gasteiger partial charge < -0.3 is 16.2 Å². The molecular weight excluding hydrogens is 146 g/mol. The lowest BCUT2D eigenvalue weighted by Gasteiger charge is -2.16. The number of carbonyl (C=O) groups is 1. The number of hydrogen-bond donors (Lipinski definition) is 4. The zero-order chi connectivity index (χ0) is 8.85. The highest BCUT2D eigenvalue weighted by Crippen LogP contribution is 1.91. The summed E-state index contributed by atoms with van der Waals surface area (Å²) in [5.41, 5.74) is 5.43. The van der Waals surface area contributed by atoms with Gasteiger partial charge in [0, 0.05) is 13.5 Å². The van der Waals surface area contributed by atoms with Crippen molar-refractivity contribution in [2.45, 2.75) is 18.7 Å². The third-order valence-corrected chi connectivity index (χ3v) is 1.40. The van der Waals surface area contributed by atoms with Crippen molar-refractivity contribution >= 4 is 5.91 Å². The van der Waals surface area contributed by atoms with Gasteiger partial charge in [-0.2, -0.15) is 0 Å². The van der Waals surface area contributed by atoms with Crippen molar-refractivity contribution in [3.05, 3.63) is 0 Å². The van der Waals surface area contributed by atoms with Gasteiger partial charge in [-0.05, 0) is 7.05 Å². The van der Waals surface area contributed by atoms with Crippen LogP contribution in [0.15, 0.2) is 0 Å². The molecule has 0 heterocycles. The van der Waals surface area contributed by atoms with Crippen LogP contribution in [-0.4, -0.2) is 37.4 Å². The monoisotopic (exact) mass is 161 g/mol. The van der Waals surface area contributed by atoms with Crippen LogP contribution >= 0.6 is 0 Å². The van der Waals surface area contributed by atoms with Crippen LogP contribution in [0.4, 0.5) is 0 Å². The molecule has 11 heavy (non-hydrogen) atoms. The van der Waals surface area contributed by atoms with E-state index >= 15 is 0 Å². The van der Waals surface area contributed by atoms with E-state index in [1.54, 1.807) is 7.05 Å². The van der Waals surface area contributed by atoms with Gasteiger partial charge in [0.25, 0.3) is 0 Å². The first-order valence-corrected chi connectivity index (χ1v) is 3.43. The highest BCUT2D eigenvalue weighted by Gasteiger charge is 2.15. The summed E-state index contributed by atoms with van der Waals surface area (Å²) in [5, 5.41) is 14.0. The van der Waals surface area contributed by atoms with Crippen LogP contribution in [0, 0.1) is 0 Å². The van der Waals surface area contributed by atoms with Crippen molar-refractivity contribution in [1.29, 1.82) is 0 Å². The molecule has 5 nitrogen and oxygen atoms in total. The fourth-order valence-corrected chi connectivity index (χ4v) is 0.642. The Morgan fingerprint density at radius 3 is 2.55 bits per heavy atom. The first-order valence-electron chi connectivity index (χ1n) is 3.43. The second-order valence-corrected chi connectivity index (χ2v) is 2.27. The van der Waals surface area contributed by atoms with E-state index in [0.29, 0.717) is 0 Å². The lowest BCUT2D eigenvalue weighted by molar-refractivity contribution is -0.121. The molecule has 5 heteroatoms. The van der Waals surface area contributed by atoms with E-state index in [-0.39, 0.29) is 12.3 Å². The Labute approximate surface area is 66.0 Å². The zero-order valence-corrected chi connectivity index (χ0v) is 6.79. The molecule has 0 spiro atoms. The summed E-state index contributed by atoms with van der Waals surface area (Å²) in [4.78, 5) is 10.7. The van der Waals surface area contributed by atoms with Crippen LogP contribution in [0.5, 0.6) is 0 Å². The van der Waals surface area contributed by atoms with Gasteiger partial charge in [0.05, 0.1) is 6.04 Å². The molecule has 0 aliphatic rings. The van der Waals surface area contributed by atoms with Gasteiger partial charge >= 0.3 is 0 Å². The van der Waals surface area contributed by atoms with Crippen molar-refractivity contribution in [3.63, 3.8) is 0 Å². The fraction of sp³-hybridized carbons (Fsp3) is 0.833. The normalized spacial score (nSPS) is 15.6. The van der Waals surface area contributed by atoms with E-state index in [0.717, 1.165) is 0 Å². The second-order valence-electron chi connectivity index (χ2n) is 2.27. The van der Waals surface area contributed by atoms with E-state index in [9.17, 15) is 4.79 Å². The smallest absolute Gasteiger partial charge is 0.221 e. The molecule has 0 saturated carbocycles. The van der Waals surface area contributed by atoms with Gasteiger partial charge in [0.2, 0.25) is 5.91 Å². The van der Waals surface area contributed by atoms with Crippen LogP contribution in [0.25, 0.3) is 0 Å². The highest BCUT2D eigenvalue weighted by molar-refractivity contribution is 5.76. The van der Waals surface area contributed by atoms with Gasteiger partial charge in [0.1, 0.15) is 6.23 Å². The van der Waals surface area contributed by atoms with E-state index in [4.69, 9.17) is 10.8 Å². The van der Waals surface area contributed by atoms with Crippen molar-refractivity contribution < 1.29 is 9.90 Å². The minimum absolute atomic E-state index is 0.124. The van der Waals surface area contributed by atoms with Crippen molar-refractivity contribution in [2.24, 2.45) is 5.73 Å².